The van der Waals surface area contributed by atoms with Gasteiger partial charge < -0.3 is 18.6 Å². The Balaban J connectivity index is 1.58. The molecule has 0 N–H and O–H groups in total. The lowest BCUT2D eigenvalue weighted by Crippen LogP contribution is -2.06. The summed E-state index contributed by atoms with van der Waals surface area (Å²) in [7, 11) is 1.60. The van der Waals surface area contributed by atoms with Crippen molar-refractivity contribution in [3.05, 3.63) is 66.1 Å². The van der Waals surface area contributed by atoms with E-state index in [1.807, 2.05) is 43.3 Å². The first kappa shape index (κ1) is 20.1. The molecule has 0 aliphatic carbocycles. The van der Waals surface area contributed by atoms with Gasteiger partial charge in [-0.1, -0.05) is 12.1 Å². The second-order valence-corrected chi connectivity index (χ2v) is 6.09. The first-order chi connectivity index (χ1) is 14.1. The van der Waals surface area contributed by atoms with Gasteiger partial charge in [-0.3, -0.25) is 0 Å². The van der Waals surface area contributed by atoms with Crippen molar-refractivity contribution in [2.75, 3.05) is 13.7 Å². The molecule has 0 unspecified atom stereocenters. The van der Waals surface area contributed by atoms with Gasteiger partial charge >= 0.3 is 5.97 Å². The van der Waals surface area contributed by atoms with Crippen molar-refractivity contribution in [1.29, 1.82) is 0 Å². The zero-order valence-corrected chi connectivity index (χ0v) is 16.5. The smallest absolute Gasteiger partial charge is 0.331 e. The molecule has 0 fully saturated rings. The number of aromatic nitrogens is 2. The van der Waals surface area contributed by atoms with Crippen LogP contribution in [0.4, 0.5) is 0 Å². The Hall–Kier alpha value is -3.61. The van der Waals surface area contributed by atoms with E-state index in [4.69, 9.17) is 18.6 Å². The quantitative estimate of drug-likeness (QED) is 0.412. The normalized spacial score (nSPS) is 12.0. The van der Waals surface area contributed by atoms with Crippen LogP contribution in [0.2, 0.25) is 0 Å². The molecule has 0 radical (unpaired) electrons. The van der Waals surface area contributed by atoms with Gasteiger partial charge in [-0.25, -0.2) is 4.79 Å². The first-order valence-electron chi connectivity index (χ1n) is 9.18. The molecule has 0 saturated carbocycles. The summed E-state index contributed by atoms with van der Waals surface area (Å²) in [5.41, 5.74) is 1.61. The number of carbonyl (C=O) groups excluding carboxylic acids is 1. The van der Waals surface area contributed by atoms with E-state index < -0.39 is 12.1 Å². The molecular formula is C22H22N2O5. The van der Waals surface area contributed by atoms with Crippen LogP contribution in [0.1, 0.15) is 31.4 Å². The Morgan fingerprint density at radius 3 is 2.41 bits per heavy atom. The molecule has 7 heteroatoms. The molecule has 150 valence electrons. The topological polar surface area (TPSA) is 83.7 Å². The van der Waals surface area contributed by atoms with Crippen LogP contribution in [0, 0.1) is 0 Å². The third-order valence-corrected chi connectivity index (χ3v) is 4.02. The average molecular weight is 394 g/mol. The van der Waals surface area contributed by atoms with E-state index in [9.17, 15) is 4.79 Å². The lowest BCUT2D eigenvalue weighted by atomic mass is 10.2. The number of nitrogens with zero attached hydrogens (tertiary/aromatic N) is 2. The number of methoxy groups -OCH3 is 1. The van der Waals surface area contributed by atoms with E-state index in [2.05, 4.69) is 10.2 Å². The summed E-state index contributed by atoms with van der Waals surface area (Å²) in [6.07, 6.45) is 2.35. The fourth-order valence-electron chi connectivity index (χ4n) is 2.52. The number of ether oxygens (including phenoxy) is 3. The molecule has 3 rings (SSSR count). The van der Waals surface area contributed by atoms with E-state index in [-0.39, 0.29) is 5.89 Å². The van der Waals surface area contributed by atoms with Gasteiger partial charge in [0.05, 0.1) is 13.7 Å². The van der Waals surface area contributed by atoms with Crippen LogP contribution < -0.4 is 9.47 Å². The number of hydrogen-bond acceptors (Lipinski definition) is 7. The molecule has 0 aliphatic heterocycles. The Labute approximate surface area is 168 Å². The third-order valence-electron chi connectivity index (χ3n) is 4.02. The zero-order valence-electron chi connectivity index (χ0n) is 16.5. The Bertz CT molecular complexity index is 962. The van der Waals surface area contributed by atoms with Crippen molar-refractivity contribution in [2.24, 2.45) is 0 Å². The summed E-state index contributed by atoms with van der Waals surface area (Å²) in [5.74, 6) is 1.57. The maximum atomic E-state index is 12.1. The molecule has 1 atom stereocenters. The van der Waals surface area contributed by atoms with Crippen molar-refractivity contribution >= 4 is 12.0 Å². The third kappa shape index (κ3) is 5.44. The van der Waals surface area contributed by atoms with E-state index in [0.717, 1.165) is 22.6 Å². The van der Waals surface area contributed by atoms with Crippen LogP contribution in [-0.4, -0.2) is 29.9 Å². The van der Waals surface area contributed by atoms with Crippen molar-refractivity contribution in [3.63, 3.8) is 0 Å². The lowest BCUT2D eigenvalue weighted by Gasteiger charge is -2.07. The molecule has 0 saturated heterocycles. The molecule has 0 aliphatic rings. The van der Waals surface area contributed by atoms with Gasteiger partial charge in [-0.05, 0) is 61.9 Å². The maximum Gasteiger partial charge on any atom is 0.331 e. The second-order valence-electron chi connectivity index (χ2n) is 6.09. The number of hydrogen-bond donors (Lipinski definition) is 0. The maximum absolute atomic E-state index is 12.1. The molecule has 1 heterocycles. The molecule has 2 aromatic carbocycles. The molecule has 0 bridgehead atoms. The van der Waals surface area contributed by atoms with Gasteiger partial charge in [0.2, 0.25) is 5.89 Å². The summed E-state index contributed by atoms with van der Waals surface area (Å²) < 4.78 is 21.5. The van der Waals surface area contributed by atoms with Gasteiger partial charge in [-0.2, -0.15) is 0 Å². The van der Waals surface area contributed by atoms with Crippen molar-refractivity contribution in [1.82, 2.24) is 10.2 Å². The standard InChI is InChI=1S/C22H22N2O5/c1-4-27-19-10-5-16(6-11-19)7-14-20(25)28-15(2)21-23-24-22(29-21)17-8-12-18(26-3)13-9-17/h5-15H,4H2,1-3H3/b14-7+/t15-/m0/s1. The van der Waals surface area contributed by atoms with E-state index in [1.165, 1.54) is 6.08 Å². The second kappa shape index (κ2) is 9.54. The minimum absolute atomic E-state index is 0.221. The highest BCUT2D eigenvalue weighted by Gasteiger charge is 2.18. The Morgan fingerprint density at radius 2 is 1.76 bits per heavy atom. The number of esters is 1. The average Bonchev–Trinajstić information content (AvgIpc) is 3.24. The molecule has 0 amide bonds. The lowest BCUT2D eigenvalue weighted by molar-refractivity contribution is -0.143. The van der Waals surface area contributed by atoms with Gasteiger partial charge in [0.1, 0.15) is 11.5 Å². The number of rotatable bonds is 8. The summed E-state index contributed by atoms with van der Waals surface area (Å²) >= 11 is 0. The Morgan fingerprint density at radius 1 is 1.07 bits per heavy atom. The molecule has 0 spiro atoms. The van der Waals surface area contributed by atoms with Crippen molar-refractivity contribution < 1.29 is 23.4 Å². The summed E-state index contributed by atoms with van der Waals surface area (Å²) in [6.45, 7) is 4.21. The molecular weight excluding hydrogens is 372 g/mol. The molecule has 1 aromatic heterocycles. The highest BCUT2D eigenvalue weighted by Crippen LogP contribution is 2.24. The van der Waals surface area contributed by atoms with Crippen molar-refractivity contribution in [3.8, 4) is 23.0 Å². The van der Waals surface area contributed by atoms with Crippen LogP contribution >= 0.6 is 0 Å². The predicted molar refractivity (Wildman–Crippen MR) is 107 cm³/mol. The van der Waals surface area contributed by atoms with Crippen LogP contribution in [0.15, 0.2) is 59.0 Å². The fourth-order valence-corrected chi connectivity index (χ4v) is 2.52. The SMILES string of the molecule is CCOc1ccc(/C=C/C(=O)O[C@@H](C)c2nnc(-c3ccc(OC)cc3)o2)cc1. The Kier molecular flexibility index (Phi) is 6.63. The summed E-state index contributed by atoms with van der Waals surface area (Å²) in [5, 5.41) is 7.98. The van der Waals surface area contributed by atoms with Crippen LogP contribution in [0.5, 0.6) is 11.5 Å². The van der Waals surface area contributed by atoms with Crippen LogP contribution in [0.3, 0.4) is 0 Å². The number of carbonyl (C=O) groups is 1. The summed E-state index contributed by atoms with van der Waals surface area (Å²) in [6, 6.07) is 14.6. The summed E-state index contributed by atoms with van der Waals surface area (Å²) in [4.78, 5) is 12.1. The van der Waals surface area contributed by atoms with E-state index >= 15 is 0 Å². The number of benzene rings is 2. The molecule has 7 nitrogen and oxygen atoms in total. The minimum atomic E-state index is -0.674. The first-order valence-corrected chi connectivity index (χ1v) is 9.18. The van der Waals surface area contributed by atoms with Gasteiger partial charge in [0, 0.05) is 11.6 Å². The van der Waals surface area contributed by atoms with Crippen LogP contribution in [-0.2, 0) is 9.53 Å². The molecule has 3 aromatic rings. The highest BCUT2D eigenvalue weighted by atomic mass is 16.6. The fraction of sp³-hybridized carbons (Fsp3) is 0.227. The van der Waals surface area contributed by atoms with E-state index in [0.29, 0.717) is 12.5 Å². The van der Waals surface area contributed by atoms with Gasteiger partial charge in [-0.15, -0.1) is 10.2 Å². The molecule has 29 heavy (non-hydrogen) atoms. The zero-order chi connectivity index (χ0) is 20.6. The highest BCUT2D eigenvalue weighted by molar-refractivity contribution is 5.87. The van der Waals surface area contributed by atoms with Crippen LogP contribution in [0.25, 0.3) is 17.5 Å². The monoisotopic (exact) mass is 394 g/mol. The predicted octanol–water partition coefficient (Wildman–Crippen LogP) is 4.46. The van der Waals surface area contributed by atoms with Crippen molar-refractivity contribution in [2.45, 2.75) is 20.0 Å². The van der Waals surface area contributed by atoms with E-state index in [1.54, 1.807) is 32.2 Å². The minimum Gasteiger partial charge on any atom is -0.497 e. The van der Waals surface area contributed by atoms with Gasteiger partial charge in [0.25, 0.3) is 5.89 Å². The largest absolute Gasteiger partial charge is 0.497 e. The van der Waals surface area contributed by atoms with Gasteiger partial charge in [0.15, 0.2) is 6.10 Å².